The van der Waals surface area contributed by atoms with Gasteiger partial charge in [0.05, 0.1) is 11.4 Å². The van der Waals surface area contributed by atoms with Crippen LogP contribution >= 0.6 is 0 Å². The smallest absolute Gasteiger partial charge is 0.254 e. The second-order valence-electron chi connectivity index (χ2n) is 6.47. The molecule has 1 atom stereocenters. The number of aryl methyl sites for hydroxylation is 1. The van der Waals surface area contributed by atoms with E-state index in [9.17, 15) is 9.90 Å². The van der Waals surface area contributed by atoms with Gasteiger partial charge in [-0.1, -0.05) is 0 Å². The van der Waals surface area contributed by atoms with Crippen LogP contribution in [-0.2, 0) is 4.79 Å². The molecule has 7 heteroatoms. The van der Waals surface area contributed by atoms with Gasteiger partial charge in [0, 0.05) is 26.2 Å². The number of nitrogen functional groups attached to an aromatic ring is 1. The van der Waals surface area contributed by atoms with Crippen molar-refractivity contribution in [1.29, 1.82) is 0 Å². The molecule has 122 valence electrons. The maximum Gasteiger partial charge on any atom is 0.254 e. The van der Waals surface area contributed by atoms with Gasteiger partial charge in [0.1, 0.15) is 5.60 Å². The Balaban J connectivity index is 2.15. The van der Waals surface area contributed by atoms with Crippen LogP contribution in [0.2, 0.25) is 0 Å². The fourth-order valence-corrected chi connectivity index (χ4v) is 2.82. The molecule has 22 heavy (non-hydrogen) atoms. The molecule has 0 spiro atoms. The molecule has 0 aromatic carbocycles. The van der Waals surface area contributed by atoms with Gasteiger partial charge >= 0.3 is 0 Å². The molecule has 0 bridgehead atoms. The van der Waals surface area contributed by atoms with Gasteiger partial charge in [0.2, 0.25) is 0 Å². The zero-order valence-electron chi connectivity index (χ0n) is 13.7. The number of rotatable bonds is 3. The van der Waals surface area contributed by atoms with Crippen molar-refractivity contribution in [2.24, 2.45) is 0 Å². The van der Waals surface area contributed by atoms with Crippen molar-refractivity contribution in [2.45, 2.75) is 45.3 Å². The maximum absolute atomic E-state index is 12.2. The first-order valence-corrected chi connectivity index (χ1v) is 7.54. The number of aliphatic hydroxyl groups is 1. The average molecular weight is 307 g/mol. The minimum Gasteiger partial charge on any atom is -0.381 e. The lowest BCUT2D eigenvalue weighted by atomic mass is 10.0. The van der Waals surface area contributed by atoms with Crippen LogP contribution in [0.4, 0.5) is 11.5 Å². The standard InChI is InChI=1S/C15H25N5O2/c1-10-8-12(13(16)18-17-10)20-7-5-6-11(9-20)19(4)14(21)15(2,3)22/h8,11,22H,5-7,9H2,1-4H3,(H2,16,18). The highest BCUT2D eigenvalue weighted by Gasteiger charge is 2.33. The number of likely N-dealkylation sites (N-methyl/N-ethyl adjacent to an activating group) is 1. The molecule has 1 amide bonds. The summed E-state index contributed by atoms with van der Waals surface area (Å²) in [5.74, 6) is 0.138. The number of carbonyl (C=O) groups excluding carboxylic acids is 1. The topological polar surface area (TPSA) is 95.6 Å². The molecule has 1 saturated heterocycles. The number of hydrogen-bond acceptors (Lipinski definition) is 6. The van der Waals surface area contributed by atoms with Crippen LogP contribution in [0, 0.1) is 6.92 Å². The fourth-order valence-electron chi connectivity index (χ4n) is 2.82. The third-order valence-corrected chi connectivity index (χ3v) is 4.05. The molecular formula is C15H25N5O2. The highest BCUT2D eigenvalue weighted by molar-refractivity contribution is 5.84. The Hall–Kier alpha value is -1.89. The molecule has 1 aromatic rings. The Labute approximate surface area is 131 Å². The normalized spacial score (nSPS) is 19.1. The van der Waals surface area contributed by atoms with E-state index in [4.69, 9.17) is 5.73 Å². The SMILES string of the molecule is Cc1cc(N2CCCC(N(C)C(=O)C(C)(C)O)C2)c(N)nn1. The molecule has 2 heterocycles. The third kappa shape index (κ3) is 3.47. The second kappa shape index (κ2) is 6.08. The quantitative estimate of drug-likeness (QED) is 0.847. The van der Waals surface area contributed by atoms with E-state index in [1.165, 1.54) is 13.8 Å². The first kappa shape index (κ1) is 16.5. The fraction of sp³-hybridized carbons (Fsp3) is 0.667. The minimum atomic E-state index is -1.36. The highest BCUT2D eigenvalue weighted by Crippen LogP contribution is 2.26. The molecule has 3 N–H and O–H groups in total. The van der Waals surface area contributed by atoms with Gasteiger partial charge in [-0.25, -0.2) is 0 Å². The van der Waals surface area contributed by atoms with Crippen LogP contribution in [-0.4, -0.2) is 57.9 Å². The first-order valence-electron chi connectivity index (χ1n) is 7.54. The van der Waals surface area contributed by atoms with Gasteiger partial charge in [-0.2, -0.15) is 5.10 Å². The Morgan fingerprint density at radius 3 is 2.82 bits per heavy atom. The molecule has 0 aliphatic carbocycles. The number of nitrogens with two attached hydrogens (primary N) is 1. The number of nitrogens with zero attached hydrogens (tertiary/aromatic N) is 4. The summed E-state index contributed by atoms with van der Waals surface area (Å²) in [6, 6.07) is 1.96. The van der Waals surface area contributed by atoms with Crippen molar-refractivity contribution in [3.63, 3.8) is 0 Å². The van der Waals surface area contributed by atoms with Crippen molar-refractivity contribution in [1.82, 2.24) is 15.1 Å². The molecule has 2 rings (SSSR count). The van der Waals surface area contributed by atoms with E-state index in [2.05, 4.69) is 15.1 Å². The molecule has 1 fully saturated rings. The zero-order valence-corrected chi connectivity index (χ0v) is 13.7. The number of hydrogen-bond donors (Lipinski definition) is 2. The van der Waals surface area contributed by atoms with Gasteiger partial charge in [0.15, 0.2) is 5.82 Å². The Morgan fingerprint density at radius 2 is 2.18 bits per heavy atom. The van der Waals surface area contributed by atoms with Crippen LogP contribution < -0.4 is 10.6 Å². The van der Waals surface area contributed by atoms with Crippen LogP contribution in [0.5, 0.6) is 0 Å². The highest BCUT2D eigenvalue weighted by atomic mass is 16.3. The molecule has 7 nitrogen and oxygen atoms in total. The molecular weight excluding hydrogens is 282 g/mol. The Kier molecular flexibility index (Phi) is 4.55. The largest absolute Gasteiger partial charge is 0.381 e. The van der Waals surface area contributed by atoms with Crippen molar-refractivity contribution in [3.05, 3.63) is 11.8 Å². The van der Waals surface area contributed by atoms with Crippen LogP contribution in [0.15, 0.2) is 6.07 Å². The second-order valence-corrected chi connectivity index (χ2v) is 6.47. The maximum atomic E-state index is 12.2. The molecule has 1 aliphatic heterocycles. The van der Waals surface area contributed by atoms with Crippen molar-refractivity contribution in [2.75, 3.05) is 30.8 Å². The predicted molar refractivity (Wildman–Crippen MR) is 85.5 cm³/mol. The van der Waals surface area contributed by atoms with Crippen LogP contribution in [0.25, 0.3) is 0 Å². The number of anilines is 2. The summed E-state index contributed by atoms with van der Waals surface area (Å²) in [6.07, 6.45) is 1.86. The zero-order chi connectivity index (χ0) is 16.5. The third-order valence-electron chi connectivity index (χ3n) is 4.05. The number of carbonyl (C=O) groups is 1. The lowest BCUT2D eigenvalue weighted by Crippen LogP contribution is -2.53. The lowest BCUT2D eigenvalue weighted by Gasteiger charge is -2.40. The van der Waals surface area contributed by atoms with Crippen molar-refractivity contribution in [3.8, 4) is 0 Å². The summed E-state index contributed by atoms with van der Waals surface area (Å²) >= 11 is 0. The molecule has 0 radical (unpaired) electrons. The van der Waals surface area contributed by atoms with Gasteiger partial charge in [0.25, 0.3) is 5.91 Å². The molecule has 0 saturated carbocycles. The van der Waals surface area contributed by atoms with E-state index in [1.54, 1.807) is 11.9 Å². The monoisotopic (exact) mass is 307 g/mol. The van der Waals surface area contributed by atoms with E-state index in [-0.39, 0.29) is 11.9 Å². The van der Waals surface area contributed by atoms with E-state index in [1.807, 2.05) is 13.0 Å². The average Bonchev–Trinajstić information content (AvgIpc) is 2.47. The summed E-state index contributed by atoms with van der Waals surface area (Å²) < 4.78 is 0. The number of amides is 1. The molecule has 1 aromatic heterocycles. The number of piperidine rings is 1. The first-order chi connectivity index (χ1) is 10.2. The van der Waals surface area contributed by atoms with Gasteiger partial charge in [-0.15, -0.1) is 5.10 Å². The van der Waals surface area contributed by atoms with Gasteiger partial charge < -0.3 is 20.6 Å². The molecule has 1 unspecified atom stereocenters. The summed E-state index contributed by atoms with van der Waals surface area (Å²) in [5.41, 5.74) is 6.25. The number of aromatic nitrogens is 2. The lowest BCUT2D eigenvalue weighted by molar-refractivity contribution is -0.148. The minimum absolute atomic E-state index is 0.0422. The molecule has 1 aliphatic rings. The van der Waals surface area contributed by atoms with Gasteiger partial charge in [-0.3, -0.25) is 4.79 Å². The van der Waals surface area contributed by atoms with E-state index < -0.39 is 5.60 Å². The Bertz CT molecular complexity index is 555. The summed E-state index contributed by atoms with van der Waals surface area (Å²) in [5, 5.41) is 17.8. The van der Waals surface area contributed by atoms with E-state index in [0.29, 0.717) is 12.4 Å². The van der Waals surface area contributed by atoms with Gasteiger partial charge in [-0.05, 0) is 39.7 Å². The van der Waals surface area contributed by atoms with Crippen molar-refractivity contribution >= 4 is 17.4 Å². The van der Waals surface area contributed by atoms with Crippen LogP contribution in [0.1, 0.15) is 32.4 Å². The predicted octanol–water partition coefficient (Wildman–Crippen LogP) is 0.565. The summed E-state index contributed by atoms with van der Waals surface area (Å²) in [7, 11) is 1.74. The summed E-state index contributed by atoms with van der Waals surface area (Å²) in [6.45, 7) is 6.45. The van der Waals surface area contributed by atoms with Crippen LogP contribution in [0.3, 0.4) is 0 Å². The van der Waals surface area contributed by atoms with E-state index >= 15 is 0 Å². The summed E-state index contributed by atoms with van der Waals surface area (Å²) in [4.78, 5) is 16.0. The van der Waals surface area contributed by atoms with Crippen molar-refractivity contribution < 1.29 is 9.90 Å². The Morgan fingerprint density at radius 1 is 1.50 bits per heavy atom. The van der Waals surface area contributed by atoms with E-state index in [0.717, 1.165) is 30.8 Å².